The molecule has 8 nitrogen and oxygen atoms in total. The number of rotatable bonds is 5. The highest BCUT2D eigenvalue weighted by Gasteiger charge is 2.34. The predicted molar refractivity (Wildman–Crippen MR) is 146 cm³/mol. The Labute approximate surface area is 227 Å². The fraction of sp³-hybridized carbons (Fsp3) is 0.300. The Morgan fingerprint density at radius 2 is 1.90 bits per heavy atom. The van der Waals surface area contributed by atoms with Crippen molar-refractivity contribution in [1.29, 1.82) is 0 Å². The van der Waals surface area contributed by atoms with Gasteiger partial charge in [-0.1, -0.05) is 37.0 Å². The van der Waals surface area contributed by atoms with Crippen molar-refractivity contribution < 1.29 is 23.8 Å². The molecule has 2 N–H and O–H groups in total. The lowest BCUT2D eigenvalue weighted by Gasteiger charge is -2.37. The highest BCUT2D eigenvalue weighted by molar-refractivity contribution is 5.97. The fourth-order valence-electron chi connectivity index (χ4n) is 4.16. The van der Waals surface area contributed by atoms with Gasteiger partial charge in [-0.15, -0.1) is 0 Å². The highest BCUT2D eigenvalue weighted by atomic mass is 19.1. The molecule has 0 fully saturated rings. The molecule has 9 heteroatoms. The summed E-state index contributed by atoms with van der Waals surface area (Å²) in [5.74, 6) is 5.35. The number of likely N-dealkylation sites (N-methyl/N-ethyl adjacent to an activating group) is 1. The number of hydrogen-bond donors (Lipinski definition) is 2. The van der Waals surface area contributed by atoms with Gasteiger partial charge in [0, 0.05) is 42.5 Å². The lowest BCUT2D eigenvalue weighted by Crippen LogP contribution is -2.50. The number of aromatic nitrogens is 1. The molecule has 3 aromatic rings. The first-order valence-electron chi connectivity index (χ1n) is 12.7. The standard InChI is InChI=1S/C30H31FN4O4/c1-20-17-35(21(2)19-36)29(37)26-15-23(10-9-22-7-5-4-6-8-22)16-32-28(26)39-27(20)18-34(3)30(38)33-25-13-11-24(31)12-14-25/h4-8,11-16,20-21,27,36H,17-19H2,1-3H3,(H,33,38)/t20-,21?,27-/m0/s1. The van der Waals surface area contributed by atoms with E-state index in [1.165, 1.54) is 29.2 Å². The van der Waals surface area contributed by atoms with Crippen molar-refractivity contribution in [3.8, 4) is 17.7 Å². The first kappa shape index (κ1) is 27.6. The third kappa shape index (κ3) is 6.92. The summed E-state index contributed by atoms with van der Waals surface area (Å²) in [4.78, 5) is 33.9. The zero-order valence-corrected chi connectivity index (χ0v) is 22.1. The largest absolute Gasteiger partial charge is 0.472 e. The number of aliphatic hydroxyl groups excluding tert-OH is 1. The van der Waals surface area contributed by atoms with E-state index in [1.54, 1.807) is 31.1 Å². The smallest absolute Gasteiger partial charge is 0.321 e. The molecule has 1 aromatic heterocycles. The van der Waals surface area contributed by atoms with Crippen molar-refractivity contribution in [3.05, 3.63) is 89.4 Å². The molecule has 4 rings (SSSR count). The van der Waals surface area contributed by atoms with Gasteiger partial charge in [-0.25, -0.2) is 14.2 Å². The number of fused-ring (bicyclic) bond motifs is 1. The van der Waals surface area contributed by atoms with Gasteiger partial charge in [-0.3, -0.25) is 4.79 Å². The second-order valence-electron chi connectivity index (χ2n) is 9.63. The van der Waals surface area contributed by atoms with Crippen molar-refractivity contribution in [2.75, 3.05) is 32.1 Å². The highest BCUT2D eigenvalue weighted by Crippen LogP contribution is 2.27. The Morgan fingerprint density at radius 3 is 2.59 bits per heavy atom. The van der Waals surface area contributed by atoms with Gasteiger partial charge in [0.15, 0.2) is 0 Å². The van der Waals surface area contributed by atoms with Gasteiger partial charge in [0.1, 0.15) is 17.5 Å². The average Bonchev–Trinajstić information content (AvgIpc) is 2.95. The number of nitrogens with zero attached hydrogens (tertiary/aromatic N) is 3. The maximum Gasteiger partial charge on any atom is 0.321 e. The summed E-state index contributed by atoms with van der Waals surface area (Å²) in [6.45, 7) is 3.99. The van der Waals surface area contributed by atoms with E-state index < -0.39 is 24.0 Å². The average molecular weight is 531 g/mol. The molecular weight excluding hydrogens is 499 g/mol. The molecule has 0 bridgehead atoms. The summed E-state index contributed by atoms with van der Waals surface area (Å²) in [6, 6.07) is 15.8. The van der Waals surface area contributed by atoms with E-state index in [4.69, 9.17) is 4.74 Å². The first-order valence-corrected chi connectivity index (χ1v) is 12.7. The van der Waals surface area contributed by atoms with E-state index in [1.807, 2.05) is 37.3 Å². The van der Waals surface area contributed by atoms with Gasteiger partial charge in [-0.2, -0.15) is 0 Å². The lowest BCUT2D eigenvalue weighted by molar-refractivity contribution is 0.0356. The number of aliphatic hydroxyl groups is 1. The molecule has 0 saturated heterocycles. The van der Waals surface area contributed by atoms with Crippen LogP contribution in [0.5, 0.6) is 5.88 Å². The van der Waals surface area contributed by atoms with E-state index in [0.29, 0.717) is 17.8 Å². The Morgan fingerprint density at radius 1 is 1.21 bits per heavy atom. The van der Waals surface area contributed by atoms with Crippen LogP contribution in [0, 0.1) is 23.6 Å². The van der Waals surface area contributed by atoms with Gasteiger partial charge in [0.2, 0.25) is 5.88 Å². The quantitative estimate of drug-likeness (QED) is 0.487. The van der Waals surface area contributed by atoms with Crippen LogP contribution in [0.15, 0.2) is 66.9 Å². The topological polar surface area (TPSA) is 95.0 Å². The summed E-state index contributed by atoms with van der Waals surface area (Å²) in [6.07, 6.45) is 1.04. The number of carbonyl (C=O) groups excluding carboxylic acids is 2. The lowest BCUT2D eigenvalue weighted by atomic mass is 10.00. The number of carbonyl (C=O) groups is 2. The van der Waals surface area contributed by atoms with E-state index in [-0.39, 0.29) is 36.4 Å². The molecular formula is C30H31FN4O4. The molecule has 1 aliphatic rings. The van der Waals surface area contributed by atoms with Crippen LogP contribution in [-0.2, 0) is 0 Å². The Balaban J connectivity index is 1.59. The maximum absolute atomic E-state index is 13.6. The number of urea groups is 1. The molecule has 2 heterocycles. The number of benzene rings is 2. The maximum atomic E-state index is 13.6. The monoisotopic (exact) mass is 530 g/mol. The molecule has 0 saturated carbocycles. The van der Waals surface area contributed by atoms with E-state index >= 15 is 0 Å². The number of ether oxygens (including phenoxy) is 1. The van der Waals surface area contributed by atoms with Gasteiger partial charge < -0.3 is 25.0 Å². The molecule has 0 spiro atoms. The zero-order valence-electron chi connectivity index (χ0n) is 22.1. The van der Waals surface area contributed by atoms with Gasteiger partial charge in [0.25, 0.3) is 5.91 Å². The summed E-state index contributed by atoms with van der Waals surface area (Å²) in [5.41, 5.74) is 2.08. The Hall–Kier alpha value is -4.42. The number of hydrogen-bond acceptors (Lipinski definition) is 5. The van der Waals surface area contributed by atoms with E-state index in [2.05, 4.69) is 22.1 Å². The van der Waals surface area contributed by atoms with Crippen LogP contribution >= 0.6 is 0 Å². The molecule has 1 aliphatic heterocycles. The summed E-state index contributed by atoms with van der Waals surface area (Å²) >= 11 is 0. The minimum absolute atomic E-state index is 0.143. The van der Waals surface area contributed by atoms with Crippen molar-refractivity contribution in [2.24, 2.45) is 5.92 Å². The van der Waals surface area contributed by atoms with Crippen molar-refractivity contribution in [2.45, 2.75) is 26.0 Å². The van der Waals surface area contributed by atoms with Crippen molar-refractivity contribution >= 4 is 17.6 Å². The molecule has 2 aromatic carbocycles. The number of nitrogens with one attached hydrogen (secondary N) is 1. The van der Waals surface area contributed by atoms with Crippen molar-refractivity contribution in [1.82, 2.24) is 14.8 Å². The summed E-state index contributed by atoms with van der Waals surface area (Å²) in [5, 5.41) is 12.6. The van der Waals surface area contributed by atoms with Crippen LogP contribution in [0.25, 0.3) is 0 Å². The van der Waals surface area contributed by atoms with Gasteiger partial charge in [0.05, 0.1) is 19.2 Å². The molecule has 1 unspecified atom stereocenters. The summed E-state index contributed by atoms with van der Waals surface area (Å²) in [7, 11) is 1.63. The van der Waals surface area contributed by atoms with Crippen LogP contribution in [0.3, 0.4) is 0 Å². The number of halogens is 1. The summed E-state index contributed by atoms with van der Waals surface area (Å²) < 4.78 is 19.5. The molecule has 3 amide bonds. The molecule has 39 heavy (non-hydrogen) atoms. The normalized spacial score (nSPS) is 17.5. The van der Waals surface area contributed by atoms with Crippen LogP contribution in [0.2, 0.25) is 0 Å². The van der Waals surface area contributed by atoms with Crippen LogP contribution in [0.4, 0.5) is 14.9 Å². The van der Waals surface area contributed by atoms with Gasteiger partial charge in [-0.05, 0) is 49.4 Å². The predicted octanol–water partition coefficient (Wildman–Crippen LogP) is 4.00. The number of amides is 3. The van der Waals surface area contributed by atoms with Gasteiger partial charge >= 0.3 is 6.03 Å². The third-order valence-electron chi connectivity index (χ3n) is 6.54. The second-order valence-corrected chi connectivity index (χ2v) is 9.63. The molecule has 0 radical (unpaired) electrons. The molecule has 202 valence electrons. The Bertz CT molecular complexity index is 1370. The van der Waals surface area contributed by atoms with Crippen LogP contribution in [0.1, 0.15) is 35.3 Å². The minimum Gasteiger partial charge on any atom is -0.472 e. The fourth-order valence-corrected chi connectivity index (χ4v) is 4.16. The zero-order chi connectivity index (χ0) is 27.9. The van der Waals surface area contributed by atoms with E-state index in [9.17, 15) is 19.1 Å². The Kier molecular flexibility index (Phi) is 8.79. The van der Waals surface area contributed by atoms with Crippen LogP contribution in [-0.4, -0.2) is 70.7 Å². The van der Waals surface area contributed by atoms with Crippen LogP contribution < -0.4 is 10.1 Å². The molecule has 0 aliphatic carbocycles. The number of pyridine rings is 1. The SMILES string of the molecule is CC(CO)N1C[C@H](C)[C@H](CN(C)C(=O)Nc2ccc(F)cc2)Oc2ncc(C#Cc3ccccc3)cc2C1=O. The van der Waals surface area contributed by atoms with Crippen molar-refractivity contribution in [3.63, 3.8) is 0 Å². The third-order valence-corrected chi connectivity index (χ3v) is 6.54. The molecule has 3 atom stereocenters. The number of anilines is 1. The minimum atomic E-state index is -0.511. The van der Waals surface area contributed by atoms with E-state index in [0.717, 1.165) is 5.56 Å². The second kappa shape index (κ2) is 12.4. The first-order chi connectivity index (χ1) is 18.7.